The van der Waals surface area contributed by atoms with E-state index in [2.05, 4.69) is 0 Å². The summed E-state index contributed by atoms with van der Waals surface area (Å²) in [6.07, 6.45) is 1.07. The number of ether oxygens (including phenoxy) is 5. The number of hydrogen-bond donors (Lipinski definition) is 2. The molecule has 1 saturated heterocycles. The molecule has 0 radical (unpaired) electrons. The Labute approximate surface area is 223 Å². The Morgan fingerprint density at radius 2 is 1.32 bits per heavy atom. The maximum atomic E-state index is 10.9. The van der Waals surface area contributed by atoms with E-state index in [1.165, 1.54) is 26.4 Å². The molecule has 38 heavy (non-hydrogen) atoms. The van der Waals surface area contributed by atoms with Gasteiger partial charge in [0.1, 0.15) is 42.2 Å². The molecule has 7 heteroatoms. The summed E-state index contributed by atoms with van der Waals surface area (Å²) in [5.41, 5.74) is 2.20. The number of rotatable bonds is 9. The van der Waals surface area contributed by atoms with Crippen molar-refractivity contribution in [2.24, 2.45) is 0 Å². The molecule has 2 N–H and O–H groups in total. The van der Waals surface area contributed by atoms with E-state index < -0.39 is 30.7 Å². The topological polar surface area (TPSA) is 86.6 Å². The van der Waals surface area contributed by atoms with E-state index in [1.54, 1.807) is 12.1 Å². The van der Waals surface area contributed by atoms with Crippen LogP contribution in [0.25, 0.3) is 11.1 Å². The van der Waals surface area contributed by atoms with Gasteiger partial charge in [0.05, 0.1) is 6.10 Å². The molecule has 3 aromatic rings. The molecule has 2 aliphatic rings. The molecule has 3 aromatic carbocycles. The lowest BCUT2D eigenvalue weighted by atomic mass is 9.98. The average Bonchev–Trinajstić information content (AvgIpc) is 2.97. The maximum Gasteiger partial charge on any atom is 0.197 e. The Balaban J connectivity index is 1.16. The van der Waals surface area contributed by atoms with Crippen LogP contribution < -0.4 is 14.2 Å². The molecular weight excluding hydrogens is 484 g/mol. The highest BCUT2D eigenvalue weighted by molar-refractivity contribution is 5.63. The van der Waals surface area contributed by atoms with E-state index in [4.69, 9.17) is 23.7 Å². The first-order chi connectivity index (χ1) is 18.6. The summed E-state index contributed by atoms with van der Waals surface area (Å²) in [4.78, 5) is 0. The molecular formula is C31H36O7. The van der Waals surface area contributed by atoms with Crippen LogP contribution >= 0.6 is 0 Å². The van der Waals surface area contributed by atoms with Crippen molar-refractivity contribution in [3.05, 3.63) is 78.9 Å². The zero-order valence-corrected chi connectivity index (χ0v) is 21.6. The zero-order chi connectivity index (χ0) is 26.3. The summed E-state index contributed by atoms with van der Waals surface area (Å²) < 4.78 is 29.3. The molecule has 1 aliphatic heterocycles. The minimum Gasteiger partial charge on any atom is -0.491 e. The second-order valence-corrected chi connectivity index (χ2v) is 9.89. The molecule has 7 nitrogen and oxygen atoms in total. The Kier molecular flexibility index (Phi) is 8.81. The normalized spacial score (nSPS) is 26.0. The van der Waals surface area contributed by atoms with Gasteiger partial charge in [-0.25, -0.2) is 0 Å². The van der Waals surface area contributed by atoms with Gasteiger partial charge in [-0.1, -0.05) is 48.9 Å². The third-order valence-electron chi connectivity index (χ3n) is 7.20. The van der Waals surface area contributed by atoms with Crippen LogP contribution in [0.4, 0.5) is 0 Å². The second kappa shape index (κ2) is 12.6. The van der Waals surface area contributed by atoms with Crippen molar-refractivity contribution in [2.75, 3.05) is 13.7 Å². The summed E-state index contributed by atoms with van der Waals surface area (Å²) in [6, 6.07) is 25.1. The van der Waals surface area contributed by atoms with Crippen molar-refractivity contribution < 1.29 is 33.9 Å². The first kappa shape index (κ1) is 26.5. The van der Waals surface area contributed by atoms with Crippen LogP contribution in [0.1, 0.15) is 32.1 Å². The first-order valence-corrected chi connectivity index (χ1v) is 13.4. The molecule has 5 rings (SSSR count). The third kappa shape index (κ3) is 6.48. The maximum absolute atomic E-state index is 10.9. The van der Waals surface area contributed by atoms with Crippen molar-refractivity contribution in [1.82, 2.24) is 0 Å². The summed E-state index contributed by atoms with van der Waals surface area (Å²) in [5, 5.41) is 21.7. The smallest absolute Gasteiger partial charge is 0.197 e. The molecule has 1 heterocycles. The largest absolute Gasteiger partial charge is 0.491 e. The van der Waals surface area contributed by atoms with Crippen molar-refractivity contribution in [3.8, 4) is 28.4 Å². The molecule has 0 spiro atoms. The van der Waals surface area contributed by atoms with Crippen LogP contribution in [-0.4, -0.2) is 60.7 Å². The van der Waals surface area contributed by atoms with Gasteiger partial charge in [0.25, 0.3) is 0 Å². The number of benzene rings is 3. The predicted molar refractivity (Wildman–Crippen MR) is 143 cm³/mol. The predicted octanol–water partition coefficient (Wildman–Crippen LogP) is 4.98. The summed E-state index contributed by atoms with van der Waals surface area (Å²) >= 11 is 0. The quantitative estimate of drug-likeness (QED) is 0.411. The van der Waals surface area contributed by atoms with E-state index in [9.17, 15) is 10.2 Å². The fraction of sp³-hybridized carbons (Fsp3) is 0.419. The van der Waals surface area contributed by atoms with Crippen molar-refractivity contribution >= 4 is 0 Å². The number of hydrogen-bond acceptors (Lipinski definition) is 7. The minimum atomic E-state index is -1.24. The third-order valence-corrected chi connectivity index (χ3v) is 7.20. The monoisotopic (exact) mass is 520 g/mol. The Morgan fingerprint density at radius 1 is 0.711 bits per heavy atom. The van der Waals surface area contributed by atoms with Gasteiger partial charge in [0, 0.05) is 7.11 Å². The number of methoxy groups -OCH3 is 1. The number of aliphatic hydroxyl groups excluding tert-OH is 2. The molecule has 2 fully saturated rings. The lowest BCUT2D eigenvalue weighted by Gasteiger charge is -2.41. The van der Waals surface area contributed by atoms with Crippen LogP contribution in [0.15, 0.2) is 78.9 Å². The van der Waals surface area contributed by atoms with Gasteiger partial charge in [-0.15, -0.1) is 0 Å². The molecule has 0 bridgehead atoms. The molecule has 5 atom stereocenters. The van der Waals surface area contributed by atoms with Gasteiger partial charge < -0.3 is 33.9 Å². The first-order valence-electron chi connectivity index (χ1n) is 13.4. The van der Waals surface area contributed by atoms with Crippen molar-refractivity contribution in [1.29, 1.82) is 0 Å². The molecule has 1 saturated carbocycles. The fourth-order valence-corrected chi connectivity index (χ4v) is 5.04. The fourth-order valence-electron chi connectivity index (χ4n) is 5.04. The van der Waals surface area contributed by atoms with Gasteiger partial charge in [-0.2, -0.15) is 0 Å². The molecule has 202 valence electrons. The van der Waals surface area contributed by atoms with Crippen LogP contribution in [0.5, 0.6) is 17.2 Å². The van der Waals surface area contributed by atoms with Gasteiger partial charge in [0.2, 0.25) is 0 Å². The average molecular weight is 521 g/mol. The van der Waals surface area contributed by atoms with E-state index >= 15 is 0 Å². The van der Waals surface area contributed by atoms with E-state index in [-0.39, 0.29) is 12.7 Å². The second-order valence-electron chi connectivity index (χ2n) is 9.89. The summed E-state index contributed by atoms with van der Waals surface area (Å²) in [6.45, 7) is 0.0443. The van der Waals surface area contributed by atoms with Gasteiger partial charge in [0.15, 0.2) is 12.4 Å². The highest BCUT2D eigenvalue weighted by atomic mass is 16.7. The number of aliphatic hydroxyl groups is 2. The zero-order valence-electron chi connectivity index (χ0n) is 21.6. The standard InChI is InChI=1S/C31H36O7/c1-34-31-30(37-26-18-16-25(17-19-26)36-24-10-6-3-7-11-24)29(33)28(32)27(38-31)20-35-23-14-12-22(13-15-23)21-8-4-2-5-9-21/h2,4-5,8-9,12-19,24,27-33H,3,6-7,10-11,20H2,1H3/t27-,28-,29+,30-,31+/m1/s1. The van der Waals surface area contributed by atoms with E-state index in [0.717, 1.165) is 29.7 Å². The van der Waals surface area contributed by atoms with Crippen molar-refractivity contribution in [2.45, 2.75) is 68.9 Å². The SMILES string of the molecule is CO[C@H]1O[C@H](COc2ccc(-c3ccccc3)cc2)[C@@H](O)[C@H](O)[C@H]1Oc1ccc(OC2CCCCC2)cc1. The Bertz CT molecular complexity index is 1110. The van der Waals surface area contributed by atoms with Crippen molar-refractivity contribution in [3.63, 3.8) is 0 Å². The Morgan fingerprint density at radius 3 is 1.97 bits per heavy atom. The molecule has 1 aliphatic carbocycles. The highest BCUT2D eigenvalue weighted by Crippen LogP contribution is 2.30. The summed E-state index contributed by atoms with van der Waals surface area (Å²) in [7, 11) is 1.48. The van der Waals surface area contributed by atoms with Crippen LogP contribution in [0.3, 0.4) is 0 Å². The minimum absolute atomic E-state index is 0.0443. The Hall–Kier alpha value is -3.10. The molecule has 0 aromatic heterocycles. The molecule has 0 unspecified atom stereocenters. The van der Waals surface area contributed by atoms with Crippen LogP contribution in [0.2, 0.25) is 0 Å². The van der Waals surface area contributed by atoms with Gasteiger partial charge >= 0.3 is 0 Å². The lowest BCUT2D eigenvalue weighted by molar-refractivity contribution is -0.287. The summed E-state index contributed by atoms with van der Waals surface area (Å²) in [5.74, 6) is 1.95. The van der Waals surface area contributed by atoms with Crippen LogP contribution in [0, 0.1) is 0 Å². The van der Waals surface area contributed by atoms with E-state index in [0.29, 0.717) is 11.5 Å². The molecule has 0 amide bonds. The van der Waals surface area contributed by atoms with Gasteiger partial charge in [-0.3, -0.25) is 0 Å². The van der Waals surface area contributed by atoms with Crippen LogP contribution in [-0.2, 0) is 9.47 Å². The highest BCUT2D eigenvalue weighted by Gasteiger charge is 2.46. The van der Waals surface area contributed by atoms with Gasteiger partial charge in [-0.05, 0) is 73.2 Å². The van der Waals surface area contributed by atoms with E-state index in [1.807, 2.05) is 66.7 Å². The lowest BCUT2D eigenvalue weighted by Crippen LogP contribution is -2.61.